The number of benzene rings is 2. The zero-order valence-electron chi connectivity index (χ0n) is 40.7. The summed E-state index contributed by atoms with van der Waals surface area (Å²) in [6.07, 6.45) is -1.44. The lowest BCUT2D eigenvalue weighted by Crippen LogP contribution is -2.64. The van der Waals surface area contributed by atoms with Crippen molar-refractivity contribution in [1.29, 1.82) is 0 Å². The number of nitrogens with zero attached hydrogens (tertiary/aromatic N) is 2. The molecule has 4 rings (SSSR count). The first-order valence-corrected chi connectivity index (χ1v) is 23.4. The highest BCUT2D eigenvalue weighted by molar-refractivity contribution is 6.03. The molecule has 2 heterocycles. The van der Waals surface area contributed by atoms with Crippen molar-refractivity contribution in [3.63, 3.8) is 0 Å². The number of rotatable bonds is 13. The predicted molar refractivity (Wildman–Crippen MR) is 252 cm³/mol. The molecule has 2 fully saturated rings. The molecule has 69 heavy (non-hydrogen) atoms. The van der Waals surface area contributed by atoms with Gasteiger partial charge in [-0.3, -0.25) is 38.4 Å². The number of esters is 1. The van der Waals surface area contributed by atoms with Crippen molar-refractivity contribution in [3.05, 3.63) is 77.5 Å². The van der Waals surface area contributed by atoms with Crippen molar-refractivity contribution in [2.45, 2.75) is 149 Å². The van der Waals surface area contributed by atoms with Gasteiger partial charge < -0.3 is 56.7 Å². The highest BCUT2D eigenvalue weighted by Crippen LogP contribution is 2.25. The Bertz CT molecular complexity index is 2220. The van der Waals surface area contributed by atoms with Crippen LogP contribution in [0.1, 0.15) is 92.2 Å². The SMILES string of the molecule is CC=C1NC(=O)[C@@H](NC(=O)[C@@H](NC(=O)[C@H](C)NC(=O)CCC)C(C)C)[C@@H](C)OC(=O)[C@H](C(C)C)NC(=O)[C@H](Cc2ccc(O)cc2)N(C)C(=O)[C@H](Cc2ccccc2)N2C(=O)[C@H](CC[C@H]2O)NC1=O. The first-order valence-electron chi connectivity index (χ1n) is 23.4. The van der Waals surface area contributed by atoms with Gasteiger partial charge in [-0.05, 0) is 75.1 Å². The summed E-state index contributed by atoms with van der Waals surface area (Å²) >= 11 is 0. The Kier molecular flexibility index (Phi) is 19.8. The van der Waals surface area contributed by atoms with E-state index in [2.05, 4.69) is 31.9 Å². The number of cyclic esters (lactones) is 1. The Morgan fingerprint density at radius 3 is 2.04 bits per heavy atom. The lowest BCUT2D eigenvalue weighted by molar-refractivity contribution is -0.165. The van der Waals surface area contributed by atoms with Gasteiger partial charge in [0, 0.05) is 26.3 Å². The summed E-state index contributed by atoms with van der Waals surface area (Å²) in [6.45, 7) is 12.5. The molecule has 2 aliphatic rings. The number of amides is 8. The number of fused-ring (bicyclic) bond motifs is 2. The van der Waals surface area contributed by atoms with Gasteiger partial charge in [0.1, 0.15) is 66.1 Å². The van der Waals surface area contributed by atoms with Crippen LogP contribution in [0.15, 0.2) is 66.4 Å². The smallest absolute Gasteiger partial charge is 0.329 e. The van der Waals surface area contributed by atoms with E-state index in [-0.39, 0.29) is 49.5 Å². The first kappa shape index (κ1) is 54.8. The molecule has 9 atom stereocenters. The largest absolute Gasteiger partial charge is 0.508 e. The van der Waals surface area contributed by atoms with Crippen molar-refractivity contribution in [1.82, 2.24) is 41.7 Å². The molecule has 2 bridgehead atoms. The van der Waals surface area contributed by atoms with Crippen molar-refractivity contribution in [2.24, 2.45) is 11.8 Å². The number of phenols is 1. The molecule has 0 radical (unpaired) electrons. The second-order valence-electron chi connectivity index (χ2n) is 18.2. The third-order valence-electron chi connectivity index (χ3n) is 12.1. The molecular weight excluding hydrogens is 893 g/mol. The fourth-order valence-corrected chi connectivity index (χ4v) is 8.03. The fraction of sp³-hybridized carbons (Fsp3) is 0.531. The molecule has 20 heteroatoms. The number of hydrogen-bond acceptors (Lipinski definition) is 12. The van der Waals surface area contributed by atoms with Gasteiger partial charge in [-0.1, -0.05) is 83.2 Å². The number of ether oxygens (including phenoxy) is 1. The minimum Gasteiger partial charge on any atom is -0.508 e. The lowest BCUT2D eigenvalue weighted by atomic mass is 9.95. The Morgan fingerprint density at radius 1 is 0.826 bits per heavy atom. The number of piperidine rings is 1. The molecule has 2 saturated heterocycles. The van der Waals surface area contributed by atoms with Crippen LogP contribution < -0.4 is 31.9 Å². The average molecular weight is 961 g/mol. The van der Waals surface area contributed by atoms with Crippen LogP contribution in [-0.4, -0.2) is 135 Å². The molecule has 2 aliphatic heterocycles. The van der Waals surface area contributed by atoms with E-state index < -0.39 is 114 Å². The van der Waals surface area contributed by atoms with Crippen LogP contribution in [-0.2, 0) is 60.7 Å². The van der Waals surface area contributed by atoms with Gasteiger partial charge in [0.2, 0.25) is 35.4 Å². The average Bonchev–Trinajstić information content (AvgIpc) is 3.30. The third kappa shape index (κ3) is 14.6. The predicted octanol–water partition coefficient (Wildman–Crippen LogP) is 0.835. The molecule has 8 amide bonds. The number of carbonyl (C=O) groups excluding carboxylic acids is 9. The molecule has 0 spiro atoms. The number of aromatic hydroxyl groups is 1. The first-order chi connectivity index (χ1) is 32.6. The van der Waals surface area contributed by atoms with E-state index in [1.54, 1.807) is 77.1 Å². The Labute approximate surface area is 402 Å². The molecule has 0 unspecified atom stereocenters. The minimum absolute atomic E-state index is 0.0522. The Balaban J connectivity index is 1.82. The molecule has 8 N–H and O–H groups in total. The maximum absolute atomic E-state index is 15.0. The van der Waals surface area contributed by atoms with E-state index in [1.807, 2.05) is 0 Å². The van der Waals surface area contributed by atoms with Crippen LogP contribution in [0.25, 0.3) is 0 Å². The van der Waals surface area contributed by atoms with Crippen molar-refractivity contribution in [3.8, 4) is 5.75 Å². The lowest BCUT2D eigenvalue weighted by Gasteiger charge is -2.43. The van der Waals surface area contributed by atoms with E-state index in [0.29, 0.717) is 17.5 Å². The summed E-state index contributed by atoms with van der Waals surface area (Å²) in [5.74, 6) is -8.62. The van der Waals surface area contributed by atoms with E-state index in [9.17, 15) is 53.4 Å². The number of carbonyl (C=O) groups is 9. The number of likely N-dealkylation sites (N-methyl/N-ethyl adjacent to an activating group) is 1. The van der Waals surface area contributed by atoms with Crippen molar-refractivity contribution < 1.29 is 58.1 Å². The summed E-state index contributed by atoms with van der Waals surface area (Å²) in [5, 5.41) is 37.1. The summed E-state index contributed by atoms with van der Waals surface area (Å²) in [7, 11) is 1.36. The topological polar surface area (TPSA) is 282 Å². The number of allylic oxidation sites excluding steroid dienone is 1. The molecular formula is C49H68N8O12. The molecule has 0 aliphatic carbocycles. The van der Waals surface area contributed by atoms with Crippen LogP contribution in [0.5, 0.6) is 5.75 Å². The van der Waals surface area contributed by atoms with Crippen LogP contribution >= 0.6 is 0 Å². The fourth-order valence-electron chi connectivity index (χ4n) is 8.03. The minimum atomic E-state index is -1.75. The third-order valence-corrected chi connectivity index (χ3v) is 12.1. The zero-order valence-corrected chi connectivity index (χ0v) is 40.7. The molecule has 20 nitrogen and oxygen atoms in total. The highest BCUT2D eigenvalue weighted by Gasteiger charge is 2.45. The number of phenolic OH excluding ortho intramolecular Hbond substituents is 1. The molecule has 0 saturated carbocycles. The molecule has 2 aromatic rings. The van der Waals surface area contributed by atoms with Gasteiger partial charge in [0.05, 0.1) is 0 Å². The van der Waals surface area contributed by atoms with Crippen LogP contribution in [0.4, 0.5) is 0 Å². The van der Waals surface area contributed by atoms with E-state index in [0.717, 1.165) is 9.80 Å². The summed E-state index contributed by atoms with van der Waals surface area (Å²) < 4.78 is 5.85. The highest BCUT2D eigenvalue weighted by atomic mass is 16.5. The van der Waals surface area contributed by atoms with Crippen molar-refractivity contribution >= 4 is 53.2 Å². The number of hydrogen-bond donors (Lipinski definition) is 8. The van der Waals surface area contributed by atoms with Gasteiger partial charge in [-0.25, -0.2) is 4.79 Å². The molecule has 2 aromatic carbocycles. The summed E-state index contributed by atoms with van der Waals surface area (Å²) in [5.41, 5.74) is 0.751. The standard InChI is InChI=1S/C49H68N8O12/c1-10-15-37(59)50-28(7)42(61)53-39(26(3)4)45(64)55-41-29(8)69-49(68)40(27(5)6)54-44(63)35(24-31-18-20-32(58)21-19-31)56(9)48(67)36(25-30-16-13-12-14-17-30)57-38(60)23-22-34(47(57)66)52-43(62)33(11-2)51-46(41)65/h11-14,16-21,26-29,34-36,38-41,58,60H,10,15,22-25H2,1-9H3,(H,50,59)(H,51,65)(H,52,62)(H,53,61)(H,54,63)(H,55,64)/t28-,29+,34-,35-,36-,38+,39-,40-,41-/m0/s1. The zero-order chi connectivity index (χ0) is 51.3. The van der Waals surface area contributed by atoms with Gasteiger partial charge in [0.25, 0.3) is 11.8 Å². The van der Waals surface area contributed by atoms with Crippen LogP contribution in [0, 0.1) is 11.8 Å². The monoisotopic (exact) mass is 960 g/mol. The van der Waals surface area contributed by atoms with E-state index in [1.165, 1.54) is 46.0 Å². The van der Waals surface area contributed by atoms with Gasteiger partial charge in [-0.15, -0.1) is 0 Å². The molecule has 376 valence electrons. The van der Waals surface area contributed by atoms with Gasteiger partial charge in [0.15, 0.2) is 0 Å². The van der Waals surface area contributed by atoms with Crippen LogP contribution in [0.3, 0.4) is 0 Å². The second kappa shape index (κ2) is 25.0. The maximum atomic E-state index is 15.0. The normalized spacial score (nSPS) is 24.8. The summed E-state index contributed by atoms with van der Waals surface area (Å²) in [4.78, 5) is 128. The summed E-state index contributed by atoms with van der Waals surface area (Å²) in [6, 6.07) is 5.03. The maximum Gasteiger partial charge on any atom is 0.329 e. The van der Waals surface area contributed by atoms with Crippen molar-refractivity contribution in [2.75, 3.05) is 7.05 Å². The Hall–Kier alpha value is -6.83. The Morgan fingerprint density at radius 2 is 1.45 bits per heavy atom. The quantitative estimate of drug-likeness (QED) is 0.102. The van der Waals surface area contributed by atoms with Gasteiger partial charge in [-0.2, -0.15) is 0 Å². The number of aliphatic hydroxyl groups is 1. The van der Waals surface area contributed by atoms with Crippen LogP contribution in [0.2, 0.25) is 0 Å². The van der Waals surface area contributed by atoms with E-state index in [4.69, 9.17) is 4.74 Å². The number of nitrogens with one attached hydrogen (secondary N) is 6. The number of aliphatic hydroxyl groups excluding tert-OH is 1. The van der Waals surface area contributed by atoms with Gasteiger partial charge >= 0.3 is 5.97 Å². The molecule has 0 aromatic heterocycles. The second-order valence-corrected chi connectivity index (χ2v) is 18.2. The van der Waals surface area contributed by atoms with E-state index >= 15 is 0 Å².